The van der Waals surface area contributed by atoms with Gasteiger partial charge >= 0.3 is 0 Å². The molecule has 0 bridgehead atoms. The van der Waals surface area contributed by atoms with Crippen LogP contribution in [0.2, 0.25) is 0 Å². The first-order valence-electron chi connectivity index (χ1n) is 13.9. The molecule has 3 aliphatic rings. The fourth-order valence-corrected chi connectivity index (χ4v) is 7.06. The molecule has 0 saturated heterocycles. The Kier molecular flexibility index (Phi) is 8.68. The van der Waals surface area contributed by atoms with Crippen LogP contribution >= 0.6 is 0 Å². The van der Waals surface area contributed by atoms with Gasteiger partial charge in [-0.15, -0.1) is 0 Å². The number of benzene rings is 1. The van der Waals surface area contributed by atoms with Gasteiger partial charge in [0.15, 0.2) is 11.6 Å². The molecule has 0 amide bonds. The van der Waals surface area contributed by atoms with Crippen molar-refractivity contribution in [2.24, 2.45) is 35.5 Å². The van der Waals surface area contributed by atoms with E-state index in [1.165, 1.54) is 77.0 Å². The van der Waals surface area contributed by atoms with E-state index >= 15 is 0 Å². The maximum atomic E-state index is 14.8. The third kappa shape index (κ3) is 6.35. The predicted octanol–water partition coefficient (Wildman–Crippen LogP) is 9.29. The summed E-state index contributed by atoms with van der Waals surface area (Å²) in [6.07, 6.45) is 19.5. The Morgan fingerprint density at radius 1 is 0.562 bits per heavy atom. The van der Waals surface area contributed by atoms with Crippen molar-refractivity contribution < 1.29 is 8.78 Å². The molecule has 180 valence electrons. The summed E-state index contributed by atoms with van der Waals surface area (Å²) in [4.78, 5) is 0. The summed E-state index contributed by atoms with van der Waals surface area (Å²) in [5.74, 6) is 3.92. The maximum absolute atomic E-state index is 14.8. The predicted molar refractivity (Wildman–Crippen MR) is 131 cm³/mol. The van der Waals surface area contributed by atoms with Crippen LogP contribution in [0.4, 0.5) is 8.78 Å². The van der Waals surface area contributed by atoms with Crippen molar-refractivity contribution in [2.45, 2.75) is 117 Å². The monoisotopic (exact) mass is 444 g/mol. The second-order valence-corrected chi connectivity index (χ2v) is 12.0. The first-order valence-corrected chi connectivity index (χ1v) is 13.9. The zero-order chi connectivity index (χ0) is 22.5. The highest BCUT2D eigenvalue weighted by molar-refractivity contribution is 5.27. The van der Waals surface area contributed by atoms with E-state index in [1.54, 1.807) is 0 Å². The molecule has 0 spiro atoms. The van der Waals surface area contributed by atoms with Crippen LogP contribution in [0.1, 0.15) is 115 Å². The van der Waals surface area contributed by atoms with E-state index in [4.69, 9.17) is 0 Å². The van der Waals surface area contributed by atoms with Gasteiger partial charge in [-0.05, 0) is 98.0 Å². The summed E-state index contributed by atoms with van der Waals surface area (Å²) in [5, 5.41) is 0. The smallest absolute Gasteiger partial charge is 0.162 e. The Morgan fingerprint density at radius 3 is 1.34 bits per heavy atom. The molecule has 0 atom stereocenters. The van der Waals surface area contributed by atoms with Crippen molar-refractivity contribution in [2.75, 3.05) is 0 Å². The Balaban J connectivity index is 1.21. The van der Waals surface area contributed by atoms with Crippen molar-refractivity contribution in [3.8, 4) is 0 Å². The van der Waals surface area contributed by atoms with Crippen LogP contribution in [0.25, 0.3) is 0 Å². The molecule has 0 heterocycles. The molecule has 0 unspecified atom stereocenters. The molecule has 1 aromatic carbocycles. The fourth-order valence-electron chi connectivity index (χ4n) is 7.06. The van der Waals surface area contributed by atoms with Gasteiger partial charge in [0, 0.05) is 0 Å². The van der Waals surface area contributed by atoms with E-state index in [2.05, 4.69) is 13.8 Å². The number of hydrogen-bond acceptors (Lipinski definition) is 0. The van der Waals surface area contributed by atoms with Gasteiger partial charge in [-0.2, -0.15) is 0 Å². The maximum Gasteiger partial charge on any atom is 0.162 e. The molecule has 32 heavy (non-hydrogen) atoms. The zero-order valence-corrected chi connectivity index (χ0v) is 20.7. The van der Waals surface area contributed by atoms with E-state index in [1.807, 2.05) is 12.1 Å². The van der Waals surface area contributed by atoms with E-state index in [9.17, 15) is 8.78 Å². The van der Waals surface area contributed by atoms with Crippen LogP contribution in [0, 0.1) is 47.1 Å². The highest BCUT2D eigenvalue weighted by Crippen LogP contribution is 2.42. The third-order valence-electron chi connectivity index (χ3n) is 9.64. The standard InChI is InChI=1S/C30H46F2/c1-21-3-7-23(8-4-21)11-17-27-19-20-28(30(32)29(27)31)18-12-24-9-15-26(16-10-24)25-13-5-22(2)6-14-25/h19-26H,3-18H2,1-2H3. The molecule has 0 radical (unpaired) electrons. The van der Waals surface area contributed by atoms with E-state index < -0.39 is 11.6 Å². The van der Waals surface area contributed by atoms with Crippen LogP contribution in [0.15, 0.2) is 12.1 Å². The van der Waals surface area contributed by atoms with Gasteiger partial charge in [0.25, 0.3) is 0 Å². The summed E-state index contributed by atoms with van der Waals surface area (Å²) in [6.45, 7) is 4.73. The minimum absolute atomic E-state index is 0.565. The van der Waals surface area contributed by atoms with Crippen LogP contribution in [-0.2, 0) is 12.8 Å². The summed E-state index contributed by atoms with van der Waals surface area (Å²) in [6, 6.07) is 3.76. The highest BCUT2D eigenvalue weighted by atomic mass is 19.2. The van der Waals surface area contributed by atoms with Crippen molar-refractivity contribution in [3.63, 3.8) is 0 Å². The van der Waals surface area contributed by atoms with Crippen LogP contribution < -0.4 is 0 Å². The van der Waals surface area contributed by atoms with Crippen molar-refractivity contribution in [1.82, 2.24) is 0 Å². The van der Waals surface area contributed by atoms with Gasteiger partial charge in [-0.3, -0.25) is 0 Å². The topological polar surface area (TPSA) is 0 Å². The quantitative estimate of drug-likeness (QED) is 0.393. The average Bonchev–Trinajstić information content (AvgIpc) is 2.81. The average molecular weight is 445 g/mol. The van der Waals surface area contributed by atoms with Crippen LogP contribution in [0.5, 0.6) is 0 Å². The summed E-state index contributed by atoms with van der Waals surface area (Å²) >= 11 is 0. The Bertz CT molecular complexity index is 702. The van der Waals surface area contributed by atoms with E-state index in [-0.39, 0.29) is 0 Å². The highest BCUT2D eigenvalue weighted by Gasteiger charge is 2.30. The summed E-state index contributed by atoms with van der Waals surface area (Å²) in [7, 11) is 0. The van der Waals surface area contributed by atoms with Gasteiger partial charge in [0.1, 0.15) is 0 Å². The Morgan fingerprint density at radius 2 is 0.906 bits per heavy atom. The first kappa shape index (κ1) is 24.2. The second kappa shape index (κ2) is 11.5. The fraction of sp³-hybridized carbons (Fsp3) is 0.800. The number of rotatable bonds is 7. The van der Waals surface area contributed by atoms with Gasteiger partial charge in [0.05, 0.1) is 0 Å². The lowest BCUT2D eigenvalue weighted by Gasteiger charge is -2.37. The molecule has 0 nitrogen and oxygen atoms in total. The molecule has 2 heteroatoms. The van der Waals surface area contributed by atoms with Gasteiger partial charge in [0.2, 0.25) is 0 Å². The Hall–Kier alpha value is -0.920. The van der Waals surface area contributed by atoms with E-state index in [0.29, 0.717) is 35.8 Å². The lowest BCUT2D eigenvalue weighted by atomic mass is 9.69. The largest absolute Gasteiger partial charge is 0.203 e. The lowest BCUT2D eigenvalue weighted by molar-refractivity contribution is 0.147. The third-order valence-corrected chi connectivity index (χ3v) is 9.64. The van der Waals surface area contributed by atoms with Gasteiger partial charge in [-0.1, -0.05) is 77.3 Å². The van der Waals surface area contributed by atoms with Crippen LogP contribution in [-0.4, -0.2) is 0 Å². The van der Waals surface area contributed by atoms with Crippen LogP contribution in [0.3, 0.4) is 0 Å². The molecular formula is C30H46F2. The second-order valence-electron chi connectivity index (χ2n) is 12.0. The number of hydrogen-bond donors (Lipinski definition) is 0. The van der Waals surface area contributed by atoms with E-state index in [0.717, 1.165) is 36.5 Å². The lowest BCUT2D eigenvalue weighted by Crippen LogP contribution is -2.25. The molecule has 1 aromatic rings. The molecule has 3 saturated carbocycles. The van der Waals surface area contributed by atoms with Gasteiger partial charge < -0.3 is 0 Å². The molecule has 4 rings (SSSR count). The molecule has 3 aliphatic carbocycles. The number of halogens is 2. The molecular weight excluding hydrogens is 398 g/mol. The minimum Gasteiger partial charge on any atom is -0.203 e. The zero-order valence-electron chi connectivity index (χ0n) is 20.7. The van der Waals surface area contributed by atoms with Crippen molar-refractivity contribution in [1.29, 1.82) is 0 Å². The van der Waals surface area contributed by atoms with Crippen molar-refractivity contribution in [3.05, 3.63) is 34.9 Å². The SMILES string of the molecule is CC1CCC(CCc2ccc(CCC3CCC(C4CCC(C)CC4)CC3)c(F)c2F)CC1. The molecule has 0 aromatic heterocycles. The summed E-state index contributed by atoms with van der Waals surface area (Å²) < 4.78 is 29.5. The van der Waals surface area contributed by atoms with Gasteiger partial charge in [-0.25, -0.2) is 8.78 Å². The first-order chi connectivity index (χ1) is 15.5. The molecule has 0 N–H and O–H groups in total. The Labute approximate surface area is 196 Å². The number of aryl methyl sites for hydroxylation is 2. The summed E-state index contributed by atoms with van der Waals surface area (Å²) in [5.41, 5.74) is 1.19. The normalized spacial score (nSPS) is 33.9. The van der Waals surface area contributed by atoms with Crippen molar-refractivity contribution >= 4 is 0 Å². The molecule has 0 aliphatic heterocycles. The minimum atomic E-state index is -0.568. The molecule has 3 fully saturated rings.